The maximum Gasteiger partial charge on any atom is 0.123 e. The van der Waals surface area contributed by atoms with Gasteiger partial charge in [0.15, 0.2) is 0 Å². The van der Waals surface area contributed by atoms with Gasteiger partial charge in [0.25, 0.3) is 0 Å². The van der Waals surface area contributed by atoms with Gasteiger partial charge in [-0.25, -0.2) is 0 Å². The molecule has 0 spiro atoms. The molecule has 1 rings (SSSR count). The van der Waals surface area contributed by atoms with Crippen molar-refractivity contribution in [2.24, 2.45) is 5.92 Å². The average Bonchev–Trinajstić information content (AvgIpc) is 2.19. The van der Waals surface area contributed by atoms with Crippen LogP contribution in [0.2, 0.25) is 0 Å². The first-order valence-corrected chi connectivity index (χ1v) is 4.77. The second kappa shape index (κ2) is 5.60. The number of hydrogen-bond acceptors (Lipinski definition) is 2. The first kappa shape index (κ1) is 10.1. The van der Waals surface area contributed by atoms with Crippen LogP contribution in [-0.2, 0) is 11.2 Å². The van der Waals surface area contributed by atoms with Gasteiger partial charge in [0.05, 0.1) is 0 Å². The Hall–Kier alpha value is -1.02. The minimum absolute atomic E-state index is 0.0416. The van der Waals surface area contributed by atoms with E-state index in [2.05, 4.69) is 0 Å². The lowest BCUT2D eigenvalue weighted by atomic mass is 9.99. The van der Waals surface area contributed by atoms with Crippen molar-refractivity contribution < 1.29 is 4.79 Å². The number of benzene rings is 1. The second-order valence-corrected chi connectivity index (χ2v) is 3.32. The van der Waals surface area contributed by atoms with Gasteiger partial charge >= 0.3 is 0 Å². The van der Waals surface area contributed by atoms with Crippen LogP contribution in [0, 0.1) is 5.92 Å². The molecule has 0 unspecified atom stereocenters. The highest BCUT2D eigenvalue weighted by Gasteiger charge is 2.05. The maximum atomic E-state index is 10.6. The summed E-state index contributed by atoms with van der Waals surface area (Å²) in [5.41, 5.74) is 1.19. The van der Waals surface area contributed by atoms with Gasteiger partial charge in [0.1, 0.15) is 6.29 Å². The number of carbonyl (C=O) groups is 1. The zero-order valence-corrected chi connectivity index (χ0v) is 8.17. The Morgan fingerprint density at radius 2 is 2.00 bits per heavy atom. The molecule has 0 fully saturated rings. The predicted octanol–water partition coefficient (Wildman–Crippen LogP) is 2.43. The molecule has 0 amide bonds. The largest absolute Gasteiger partial charge is 0.303 e. The zero-order chi connectivity index (χ0) is 9.52. The van der Waals surface area contributed by atoms with Crippen molar-refractivity contribution in [3.63, 3.8) is 0 Å². The highest BCUT2D eigenvalue weighted by atomic mass is 32.1. The first-order valence-electron chi connectivity index (χ1n) is 4.29. The Labute approximate surface area is 83.8 Å². The molecule has 0 saturated carbocycles. The van der Waals surface area contributed by atoms with Crippen LogP contribution in [0.25, 0.3) is 0 Å². The van der Waals surface area contributed by atoms with E-state index in [4.69, 9.17) is 12.2 Å². The summed E-state index contributed by atoms with van der Waals surface area (Å²) in [4.78, 5) is 10.6. The van der Waals surface area contributed by atoms with Crippen molar-refractivity contribution in [3.8, 4) is 0 Å². The highest BCUT2D eigenvalue weighted by Crippen LogP contribution is 2.08. The summed E-state index contributed by atoms with van der Waals surface area (Å²) >= 11 is 4.73. The lowest BCUT2D eigenvalue weighted by Crippen LogP contribution is -2.05. The van der Waals surface area contributed by atoms with Gasteiger partial charge in [-0.3, -0.25) is 0 Å². The Morgan fingerprint density at radius 1 is 1.31 bits per heavy atom. The van der Waals surface area contributed by atoms with Gasteiger partial charge in [0.2, 0.25) is 0 Å². The van der Waals surface area contributed by atoms with Crippen molar-refractivity contribution in [2.75, 3.05) is 0 Å². The van der Waals surface area contributed by atoms with Crippen LogP contribution in [0.5, 0.6) is 0 Å². The predicted molar refractivity (Wildman–Crippen MR) is 58.0 cm³/mol. The third kappa shape index (κ3) is 3.47. The van der Waals surface area contributed by atoms with E-state index in [9.17, 15) is 4.79 Å². The van der Waals surface area contributed by atoms with E-state index in [1.165, 1.54) is 5.56 Å². The molecule has 0 aromatic heterocycles. The van der Waals surface area contributed by atoms with Crippen LogP contribution in [-0.4, -0.2) is 11.7 Å². The lowest BCUT2D eigenvalue weighted by molar-refractivity contribution is -0.110. The molecule has 0 bridgehead atoms. The zero-order valence-electron chi connectivity index (χ0n) is 7.35. The molecule has 1 aromatic carbocycles. The van der Waals surface area contributed by atoms with Crippen LogP contribution in [0.15, 0.2) is 30.3 Å². The molecule has 0 radical (unpaired) electrons. The normalized spacial score (nSPS) is 12.0. The molecule has 0 N–H and O–H groups in total. The van der Waals surface area contributed by atoms with Gasteiger partial charge < -0.3 is 4.79 Å². The van der Waals surface area contributed by atoms with Gasteiger partial charge in [-0.2, -0.15) is 0 Å². The molecule has 0 aliphatic heterocycles. The van der Waals surface area contributed by atoms with Crippen molar-refractivity contribution in [2.45, 2.75) is 12.8 Å². The van der Waals surface area contributed by atoms with E-state index in [1.807, 2.05) is 30.3 Å². The van der Waals surface area contributed by atoms with Crippen LogP contribution in [0.4, 0.5) is 0 Å². The smallest absolute Gasteiger partial charge is 0.123 e. The standard InChI is InChI=1S/C11H12OS/c12-9-11(6-7-13)8-10-4-2-1-3-5-10/h1-5,7,9,11H,6,8H2/t11-/m1/s1. The Balaban J connectivity index is 2.56. The van der Waals surface area contributed by atoms with E-state index in [-0.39, 0.29) is 5.92 Å². The molecular formula is C11H12OS. The highest BCUT2D eigenvalue weighted by molar-refractivity contribution is 7.78. The third-order valence-electron chi connectivity index (χ3n) is 1.93. The van der Waals surface area contributed by atoms with E-state index in [0.717, 1.165) is 12.7 Å². The third-order valence-corrected chi connectivity index (χ3v) is 2.12. The van der Waals surface area contributed by atoms with E-state index < -0.39 is 0 Å². The quantitative estimate of drug-likeness (QED) is 0.526. The number of aldehydes is 1. The van der Waals surface area contributed by atoms with Crippen LogP contribution in [0.1, 0.15) is 12.0 Å². The summed E-state index contributed by atoms with van der Waals surface area (Å²) in [5, 5.41) is 1.63. The van der Waals surface area contributed by atoms with Gasteiger partial charge in [-0.15, -0.1) is 0 Å². The Kier molecular flexibility index (Phi) is 4.33. The van der Waals surface area contributed by atoms with Gasteiger partial charge in [0, 0.05) is 5.92 Å². The van der Waals surface area contributed by atoms with Crippen molar-refractivity contribution in [1.82, 2.24) is 0 Å². The molecule has 0 heterocycles. The summed E-state index contributed by atoms with van der Waals surface area (Å²) in [7, 11) is 0. The summed E-state index contributed by atoms with van der Waals surface area (Å²) in [6.07, 6.45) is 2.46. The number of rotatable bonds is 5. The van der Waals surface area contributed by atoms with Crippen molar-refractivity contribution in [3.05, 3.63) is 35.9 Å². The summed E-state index contributed by atoms with van der Waals surface area (Å²) in [5.74, 6) is 0.0416. The Morgan fingerprint density at radius 3 is 2.54 bits per heavy atom. The van der Waals surface area contributed by atoms with Crippen LogP contribution in [0.3, 0.4) is 0 Å². The van der Waals surface area contributed by atoms with Crippen LogP contribution >= 0.6 is 12.2 Å². The fourth-order valence-corrected chi connectivity index (χ4v) is 1.47. The molecule has 13 heavy (non-hydrogen) atoms. The van der Waals surface area contributed by atoms with Crippen molar-refractivity contribution >= 4 is 23.9 Å². The minimum atomic E-state index is 0.0416. The molecule has 0 aliphatic carbocycles. The summed E-state index contributed by atoms with van der Waals surface area (Å²) < 4.78 is 0. The lowest BCUT2D eigenvalue weighted by Gasteiger charge is -2.05. The molecule has 1 atom stereocenters. The van der Waals surface area contributed by atoms with Gasteiger partial charge in [-0.05, 0) is 23.8 Å². The van der Waals surface area contributed by atoms with Crippen molar-refractivity contribution in [1.29, 1.82) is 0 Å². The minimum Gasteiger partial charge on any atom is -0.303 e. The molecular weight excluding hydrogens is 180 g/mol. The molecule has 1 nitrogen and oxygen atoms in total. The van der Waals surface area contributed by atoms with E-state index in [1.54, 1.807) is 5.37 Å². The van der Waals surface area contributed by atoms with Crippen LogP contribution < -0.4 is 0 Å². The SMILES string of the molecule is O=C[C@H](CC=S)Cc1ccccc1. The molecule has 0 saturated heterocycles. The second-order valence-electron chi connectivity index (χ2n) is 2.99. The fourth-order valence-electron chi connectivity index (χ4n) is 1.23. The molecule has 68 valence electrons. The Bertz CT molecular complexity index is 269. The topological polar surface area (TPSA) is 17.1 Å². The monoisotopic (exact) mass is 192 g/mol. The van der Waals surface area contributed by atoms with E-state index in [0.29, 0.717) is 6.42 Å². The maximum absolute atomic E-state index is 10.6. The first-order chi connectivity index (χ1) is 6.36. The molecule has 1 aromatic rings. The fraction of sp³-hybridized carbons (Fsp3) is 0.273. The van der Waals surface area contributed by atoms with E-state index >= 15 is 0 Å². The average molecular weight is 192 g/mol. The molecule has 2 heteroatoms. The van der Waals surface area contributed by atoms with Gasteiger partial charge in [-0.1, -0.05) is 42.5 Å². The number of hydrogen-bond donors (Lipinski definition) is 0. The summed E-state index contributed by atoms with van der Waals surface area (Å²) in [6, 6.07) is 9.99. The molecule has 0 aliphatic rings. The number of carbonyl (C=O) groups excluding carboxylic acids is 1. The summed E-state index contributed by atoms with van der Waals surface area (Å²) in [6.45, 7) is 0. The number of thiocarbonyl (C=S) groups is 1.